The van der Waals surface area contributed by atoms with Crippen LogP contribution in [0.2, 0.25) is 0 Å². The first-order chi connectivity index (χ1) is 9.02. The van der Waals surface area contributed by atoms with E-state index in [1.165, 1.54) is 0 Å². The van der Waals surface area contributed by atoms with Crippen LogP contribution in [0.1, 0.15) is 32.6 Å². The molecular weight excluding hydrogens is 252 g/mol. The summed E-state index contributed by atoms with van der Waals surface area (Å²) in [6, 6.07) is 0. The Morgan fingerprint density at radius 2 is 2.16 bits per heavy atom. The molecule has 1 unspecified atom stereocenters. The lowest BCUT2D eigenvalue weighted by molar-refractivity contribution is -0.137. The van der Waals surface area contributed by atoms with Gasteiger partial charge in [-0.25, -0.2) is 9.89 Å². The SMILES string of the molecule is CCC(CCNc1n[nH]c(=O)[nH]c1=O)CCC(=O)O. The zero-order chi connectivity index (χ0) is 14.3. The summed E-state index contributed by atoms with van der Waals surface area (Å²) in [5.74, 6) is -0.455. The predicted octanol–water partition coefficient (Wildman–Crippen LogP) is 0.151. The number of carboxylic acids is 1. The van der Waals surface area contributed by atoms with Gasteiger partial charge in [-0.15, -0.1) is 5.10 Å². The van der Waals surface area contributed by atoms with Crippen LogP contribution in [0, 0.1) is 5.92 Å². The van der Waals surface area contributed by atoms with E-state index in [-0.39, 0.29) is 18.2 Å². The molecule has 1 rings (SSSR count). The number of carbonyl (C=O) groups is 1. The van der Waals surface area contributed by atoms with Crippen molar-refractivity contribution in [3.05, 3.63) is 20.8 Å². The molecule has 0 saturated heterocycles. The monoisotopic (exact) mass is 270 g/mol. The lowest BCUT2D eigenvalue weighted by Gasteiger charge is -2.13. The zero-order valence-corrected chi connectivity index (χ0v) is 10.7. The summed E-state index contributed by atoms with van der Waals surface area (Å²) in [6.45, 7) is 2.50. The van der Waals surface area contributed by atoms with Gasteiger partial charge in [0.1, 0.15) is 0 Å². The summed E-state index contributed by atoms with van der Waals surface area (Å²) >= 11 is 0. The molecule has 0 spiro atoms. The van der Waals surface area contributed by atoms with E-state index in [0.29, 0.717) is 13.0 Å². The minimum Gasteiger partial charge on any atom is -0.481 e. The Morgan fingerprint density at radius 1 is 1.42 bits per heavy atom. The smallest absolute Gasteiger partial charge is 0.342 e. The molecule has 0 fully saturated rings. The van der Waals surface area contributed by atoms with Crippen molar-refractivity contribution >= 4 is 11.8 Å². The lowest BCUT2D eigenvalue weighted by Crippen LogP contribution is -2.27. The standard InChI is InChI=1S/C11H18N4O4/c1-2-7(3-4-8(16)17)5-6-12-9-10(18)13-11(19)15-14-9/h7H,2-6H2,1H3,(H,12,14)(H,16,17)(H2,13,15,18,19). The molecule has 8 nitrogen and oxygen atoms in total. The van der Waals surface area contributed by atoms with Crippen molar-refractivity contribution in [3.8, 4) is 0 Å². The zero-order valence-electron chi connectivity index (χ0n) is 10.7. The van der Waals surface area contributed by atoms with Crippen LogP contribution in [-0.2, 0) is 4.79 Å². The van der Waals surface area contributed by atoms with Gasteiger partial charge in [-0.3, -0.25) is 14.6 Å². The fraction of sp³-hybridized carbons (Fsp3) is 0.636. The predicted molar refractivity (Wildman–Crippen MR) is 69.2 cm³/mol. The van der Waals surface area contributed by atoms with Crippen molar-refractivity contribution in [3.63, 3.8) is 0 Å². The van der Waals surface area contributed by atoms with Crippen LogP contribution in [0.15, 0.2) is 9.59 Å². The third-order valence-electron chi connectivity index (χ3n) is 2.90. The van der Waals surface area contributed by atoms with Gasteiger partial charge in [0.2, 0.25) is 5.82 Å². The number of rotatable bonds is 8. The molecule has 1 aromatic heterocycles. The maximum Gasteiger partial charge on any atom is 0.342 e. The first-order valence-electron chi connectivity index (χ1n) is 6.17. The number of aromatic amines is 2. The molecule has 0 aliphatic rings. The van der Waals surface area contributed by atoms with E-state index in [1.807, 2.05) is 6.92 Å². The average molecular weight is 270 g/mol. The third-order valence-corrected chi connectivity index (χ3v) is 2.90. The van der Waals surface area contributed by atoms with Gasteiger partial charge in [0, 0.05) is 13.0 Å². The number of carboxylic acid groups (broad SMARTS) is 1. The molecule has 1 heterocycles. The second-order valence-electron chi connectivity index (χ2n) is 4.28. The van der Waals surface area contributed by atoms with E-state index in [9.17, 15) is 14.4 Å². The van der Waals surface area contributed by atoms with Crippen molar-refractivity contribution in [1.82, 2.24) is 15.2 Å². The molecule has 0 aromatic carbocycles. The fourth-order valence-electron chi connectivity index (χ4n) is 1.74. The minimum atomic E-state index is -0.801. The number of aliphatic carboxylic acids is 1. The first kappa shape index (κ1) is 14.9. The van der Waals surface area contributed by atoms with E-state index in [1.54, 1.807) is 0 Å². The van der Waals surface area contributed by atoms with Crippen LogP contribution in [-0.4, -0.2) is 32.8 Å². The Morgan fingerprint density at radius 3 is 2.74 bits per heavy atom. The van der Waals surface area contributed by atoms with Gasteiger partial charge in [-0.1, -0.05) is 13.3 Å². The summed E-state index contributed by atoms with van der Waals surface area (Å²) in [7, 11) is 0. The largest absolute Gasteiger partial charge is 0.481 e. The molecule has 0 bridgehead atoms. The average Bonchev–Trinajstić information content (AvgIpc) is 2.35. The molecule has 8 heteroatoms. The Kier molecular flexibility index (Phi) is 5.77. The van der Waals surface area contributed by atoms with Crippen molar-refractivity contribution < 1.29 is 9.90 Å². The van der Waals surface area contributed by atoms with Crippen molar-refractivity contribution in [2.75, 3.05) is 11.9 Å². The summed E-state index contributed by atoms with van der Waals surface area (Å²) in [5, 5.41) is 17.2. The highest BCUT2D eigenvalue weighted by atomic mass is 16.4. The van der Waals surface area contributed by atoms with Crippen LogP contribution in [0.5, 0.6) is 0 Å². The van der Waals surface area contributed by atoms with E-state index >= 15 is 0 Å². The highest BCUT2D eigenvalue weighted by Crippen LogP contribution is 2.15. The van der Waals surface area contributed by atoms with Crippen LogP contribution < -0.4 is 16.6 Å². The molecule has 1 aromatic rings. The summed E-state index contributed by atoms with van der Waals surface area (Å²) in [6.07, 6.45) is 2.38. The van der Waals surface area contributed by atoms with E-state index in [4.69, 9.17) is 5.11 Å². The summed E-state index contributed by atoms with van der Waals surface area (Å²) < 4.78 is 0. The van der Waals surface area contributed by atoms with Gasteiger partial charge in [0.25, 0.3) is 5.56 Å². The Bertz CT molecular complexity index is 522. The second-order valence-corrected chi connectivity index (χ2v) is 4.28. The maximum absolute atomic E-state index is 11.3. The molecule has 0 radical (unpaired) electrons. The molecule has 106 valence electrons. The first-order valence-corrected chi connectivity index (χ1v) is 6.17. The summed E-state index contributed by atoms with van der Waals surface area (Å²) in [5.41, 5.74) is -1.22. The Labute approximate surface area is 109 Å². The van der Waals surface area contributed by atoms with Gasteiger partial charge in [-0.2, -0.15) is 0 Å². The number of anilines is 1. The topological polar surface area (TPSA) is 128 Å². The highest BCUT2D eigenvalue weighted by molar-refractivity contribution is 5.66. The van der Waals surface area contributed by atoms with Crippen molar-refractivity contribution in [2.24, 2.45) is 5.92 Å². The number of hydrogen-bond acceptors (Lipinski definition) is 5. The number of nitrogens with one attached hydrogen (secondary N) is 3. The van der Waals surface area contributed by atoms with Crippen molar-refractivity contribution in [1.29, 1.82) is 0 Å². The van der Waals surface area contributed by atoms with Gasteiger partial charge in [-0.05, 0) is 18.8 Å². The number of H-pyrrole nitrogens is 2. The van der Waals surface area contributed by atoms with Gasteiger partial charge < -0.3 is 10.4 Å². The second kappa shape index (κ2) is 7.34. The number of nitrogens with zero attached hydrogens (tertiary/aromatic N) is 1. The van der Waals surface area contributed by atoms with Gasteiger partial charge >= 0.3 is 11.7 Å². The van der Waals surface area contributed by atoms with Crippen LogP contribution in [0.4, 0.5) is 5.82 Å². The Hall–Kier alpha value is -2.12. The Balaban J connectivity index is 2.41. The van der Waals surface area contributed by atoms with Gasteiger partial charge in [0.05, 0.1) is 0 Å². The molecule has 19 heavy (non-hydrogen) atoms. The summed E-state index contributed by atoms with van der Waals surface area (Å²) in [4.78, 5) is 34.6. The van der Waals surface area contributed by atoms with Crippen LogP contribution in [0.25, 0.3) is 0 Å². The number of aromatic nitrogens is 3. The van der Waals surface area contributed by atoms with E-state index in [0.717, 1.165) is 12.8 Å². The van der Waals surface area contributed by atoms with Crippen LogP contribution >= 0.6 is 0 Å². The highest BCUT2D eigenvalue weighted by Gasteiger charge is 2.09. The fourth-order valence-corrected chi connectivity index (χ4v) is 1.74. The molecule has 1 atom stereocenters. The minimum absolute atomic E-state index is 0.0627. The van der Waals surface area contributed by atoms with Crippen LogP contribution in [0.3, 0.4) is 0 Å². The molecule has 0 aliphatic heterocycles. The molecule has 0 saturated carbocycles. The van der Waals surface area contributed by atoms with E-state index < -0.39 is 17.2 Å². The van der Waals surface area contributed by atoms with E-state index in [2.05, 4.69) is 20.5 Å². The maximum atomic E-state index is 11.3. The quantitative estimate of drug-likeness (QED) is 0.532. The molecule has 0 amide bonds. The molecule has 0 aliphatic carbocycles. The normalized spacial score (nSPS) is 12.1. The lowest BCUT2D eigenvalue weighted by atomic mass is 9.97. The van der Waals surface area contributed by atoms with Crippen molar-refractivity contribution in [2.45, 2.75) is 32.6 Å². The number of hydrogen-bond donors (Lipinski definition) is 4. The molecule has 4 N–H and O–H groups in total. The van der Waals surface area contributed by atoms with Gasteiger partial charge in [0.15, 0.2) is 0 Å². The molecular formula is C11H18N4O4. The third kappa shape index (κ3) is 5.36.